The minimum Gasteiger partial charge on any atom is -0.239 e. The third-order valence-electron chi connectivity index (χ3n) is 2.02. The SMILES string of the molecule is C#Cc1cccc(-c2cccc(F)c2)n1. The maximum absolute atomic E-state index is 13.0. The van der Waals surface area contributed by atoms with Crippen LogP contribution in [0.25, 0.3) is 11.3 Å². The molecule has 0 fully saturated rings. The van der Waals surface area contributed by atoms with E-state index in [0.29, 0.717) is 11.4 Å². The molecular weight excluding hydrogens is 189 g/mol. The Hall–Kier alpha value is -2.14. The lowest BCUT2D eigenvalue weighted by molar-refractivity contribution is 0.628. The summed E-state index contributed by atoms with van der Waals surface area (Å²) in [5, 5.41) is 0. The first-order valence-electron chi connectivity index (χ1n) is 4.49. The number of terminal acetylenes is 1. The second kappa shape index (κ2) is 3.93. The summed E-state index contributed by atoms with van der Waals surface area (Å²) in [7, 11) is 0. The number of hydrogen-bond acceptors (Lipinski definition) is 1. The summed E-state index contributed by atoms with van der Waals surface area (Å²) in [6.45, 7) is 0. The van der Waals surface area contributed by atoms with Crippen LogP contribution in [-0.2, 0) is 0 Å². The first-order valence-corrected chi connectivity index (χ1v) is 4.49. The number of aromatic nitrogens is 1. The van der Waals surface area contributed by atoms with E-state index in [4.69, 9.17) is 6.42 Å². The second-order valence-corrected chi connectivity index (χ2v) is 3.06. The highest BCUT2D eigenvalue weighted by atomic mass is 19.1. The lowest BCUT2D eigenvalue weighted by atomic mass is 10.1. The smallest absolute Gasteiger partial charge is 0.123 e. The monoisotopic (exact) mass is 197 g/mol. The molecule has 15 heavy (non-hydrogen) atoms. The highest BCUT2D eigenvalue weighted by Crippen LogP contribution is 2.17. The summed E-state index contributed by atoms with van der Waals surface area (Å²) < 4.78 is 13.0. The minimum absolute atomic E-state index is 0.277. The van der Waals surface area contributed by atoms with Crippen LogP contribution in [0.1, 0.15) is 5.69 Å². The van der Waals surface area contributed by atoms with Crippen LogP contribution in [0.2, 0.25) is 0 Å². The van der Waals surface area contributed by atoms with E-state index in [-0.39, 0.29) is 5.82 Å². The van der Waals surface area contributed by atoms with Gasteiger partial charge >= 0.3 is 0 Å². The van der Waals surface area contributed by atoms with Gasteiger partial charge in [0, 0.05) is 5.56 Å². The molecule has 2 aromatic rings. The minimum atomic E-state index is -0.277. The fourth-order valence-electron chi connectivity index (χ4n) is 1.32. The van der Waals surface area contributed by atoms with Crippen LogP contribution < -0.4 is 0 Å². The predicted molar refractivity (Wildman–Crippen MR) is 57.6 cm³/mol. The summed E-state index contributed by atoms with van der Waals surface area (Å²) in [5.41, 5.74) is 1.97. The molecule has 1 aromatic heterocycles. The van der Waals surface area contributed by atoms with E-state index < -0.39 is 0 Å². The third kappa shape index (κ3) is 2.03. The van der Waals surface area contributed by atoms with Crippen LogP contribution in [0.15, 0.2) is 42.5 Å². The van der Waals surface area contributed by atoms with Crippen LogP contribution in [-0.4, -0.2) is 4.98 Å². The van der Waals surface area contributed by atoms with Gasteiger partial charge in [0.15, 0.2) is 0 Å². The molecule has 1 heterocycles. The van der Waals surface area contributed by atoms with Crippen LogP contribution in [0.4, 0.5) is 4.39 Å². The van der Waals surface area contributed by atoms with E-state index in [1.54, 1.807) is 24.3 Å². The van der Waals surface area contributed by atoms with Crippen molar-refractivity contribution in [3.63, 3.8) is 0 Å². The Kier molecular flexibility index (Phi) is 2.47. The molecule has 2 rings (SSSR count). The topological polar surface area (TPSA) is 12.9 Å². The molecule has 0 aliphatic heterocycles. The summed E-state index contributed by atoms with van der Waals surface area (Å²) in [6.07, 6.45) is 5.24. The lowest BCUT2D eigenvalue weighted by Gasteiger charge is -2.00. The van der Waals surface area contributed by atoms with Crippen molar-refractivity contribution in [1.82, 2.24) is 4.98 Å². The van der Waals surface area contributed by atoms with Crippen molar-refractivity contribution >= 4 is 0 Å². The number of pyridine rings is 1. The van der Waals surface area contributed by atoms with Crippen molar-refractivity contribution in [1.29, 1.82) is 0 Å². The Balaban J connectivity index is 2.50. The standard InChI is InChI=1S/C13H8FN/c1-2-12-7-4-8-13(15-12)10-5-3-6-11(14)9-10/h1,3-9H. The van der Waals surface area contributed by atoms with Crippen molar-refractivity contribution in [3.8, 4) is 23.6 Å². The summed E-state index contributed by atoms with van der Waals surface area (Å²) in [4.78, 5) is 4.20. The number of rotatable bonds is 1. The Morgan fingerprint density at radius 2 is 1.93 bits per heavy atom. The average Bonchev–Trinajstić information content (AvgIpc) is 2.29. The molecule has 2 heteroatoms. The fraction of sp³-hybridized carbons (Fsp3) is 0. The van der Waals surface area contributed by atoms with Gasteiger partial charge in [-0.05, 0) is 24.3 Å². The molecule has 0 amide bonds. The molecule has 0 saturated carbocycles. The Morgan fingerprint density at radius 3 is 2.67 bits per heavy atom. The first-order chi connectivity index (χ1) is 7.29. The van der Waals surface area contributed by atoms with Gasteiger partial charge in [0.1, 0.15) is 11.5 Å². The molecule has 0 unspecified atom stereocenters. The van der Waals surface area contributed by atoms with Crippen molar-refractivity contribution in [2.75, 3.05) is 0 Å². The Labute approximate surface area is 87.6 Å². The highest BCUT2D eigenvalue weighted by Gasteiger charge is 2.00. The van der Waals surface area contributed by atoms with Crippen molar-refractivity contribution in [2.24, 2.45) is 0 Å². The fourth-order valence-corrected chi connectivity index (χ4v) is 1.32. The van der Waals surface area contributed by atoms with E-state index in [1.807, 2.05) is 6.07 Å². The summed E-state index contributed by atoms with van der Waals surface area (Å²) in [6, 6.07) is 11.6. The largest absolute Gasteiger partial charge is 0.239 e. The number of nitrogens with zero attached hydrogens (tertiary/aromatic N) is 1. The van der Waals surface area contributed by atoms with Gasteiger partial charge in [-0.2, -0.15) is 0 Å². The summed E-state index contributed by atoms with van der Waals surface area (Å²) >= 11 is 0. The van der Waals surface area contributed by atoms with Crippen LogP contribution in [0.3, 0.4) is 0 Å². The van der Waals surface area contributed by atoms with Crippen LogP contribution in [0.5, 0.6) is 0 Å². The molecule has 0 radical (unpaired) electrons. The second-order valence-electron chi connectivity index (χ2n) is 3.06. The number of benzene rings is 1. The molecule has 0 aliphatic carbocycles. The van der Waals surface area contributed by atoms with Gasteiger partial charge in [-0.15, -0.1) is 6.42 Å². The third-order valence-corrected chi connectivity index (χ3v) is 2.02. The van der Waals surface area contributed by atoms with Gasteiger partial charge in [0.25, 0.3) is 0 Å². The van der Waals surface area contributed by atoms with Gasteiger partial charge in [-0.3, -0.25) is 0 Å². The lowest BCUT2D eigenvalue weighted by Crippen LogP contribution is -1.87. The molecule has 72 valence electrons. The van der Waals surface area contributed by atoms with Gasteiger partial charge in [-0.25, -0.2) is 9.37 Å². The Bertz CT molecular complexity index is 526. The first kappa shape index (κ1) is 9.42. The molecule has 1 nitrogen and oxygen atoms in total. The molecule has 0 N–H and O–H groups in total. The van der Waals surface area contributed by atoms with E-state index >= 15 is 0 Å². The zero-order valence-electron chi connectivity index (χ0n) is 7.94. The van der Waals surface area contributed by atoms with Gasteiger partial charge in [0.05, 0.1) is 5.69 Å². The maximum atomic E-state index is 13.0. The van der Waals surface area contributed by atoms with Crippen LogP contribution >= 0.6 is 0 Å². The molecule has 0 aliphatic rings. The molecule has 0 bridgehead atoms. The highest BCUT2D eigenvalue weighted by molar-refractivity contribution is 5.59. The molecule has 0 saturated heterocycles. The molecular formula is C13H8FN. The zero-order valence-corrected chi connectivity index (χ0v) is 7.94. The van der Waals surface area contributed by atoms with Crippen molar-refractivity contribution < 1.29 is 4.39 Å². The molecule has 0 spiro atoms. The van der Waals surface area contributed by atoms with E-state index in [9.17, 15) is 4.39 Å². The van der Waals surface area contributed by atoms with E-state index in [0.717, 1.165) is 5.56 Å². The van der Waals surface area contributed by atoms with Crippen molar-refractivity contribution in [3.05, 3.63) is 54.0 Å². The maximum Gasteiger partial charge on any atom is 0.123 e. The zero-order chi connectivity index (χ0) is 10.7. The van der Waals surface area contributed by atoms with Gasteiger partial charge in [0.2, 0.25) is 0 Å². The number of halogens is 1. The van der Waals surface area contributed by atoms with Crippen LogP contribution in [0, 0.1) is 18.2 Å². The normalized spacial score (nSPS) is 9.60. The average molecular weight is 197 g/mol. The Morgan fingerprint density at radius 1 is 1.13 bits per heavy atom. The predicted octanol–water partition coefficient (Wildman–Crippen LogP) is 2.87. The quantitative estimate of drug-likeness (QED) is 0.640. The number of hydrogen-bond donors (Lipinski definition) is 0. The van der Waals surface area contributed by atoms with Crippen molar-refractivity contribution in [2.45, 2.75) is 0 Å². The molecule has 0 atom stereocenters. The van der Waals surface area contributed by atoms with E-state index in [1.165, 1.54) is 12.1 Å². The van der Waals surface area contributed by atoms with Gasteiger partial charge < -0.3 is 0 Å². The summed E-state index contributed by atoms with van der Waals surface area (Å²) in [5.74, 6) is 2.17. The van der Waals surface area contributed by atoms with Gasteiger partial charge in [-0.1, -0.05) is 24.1 Å². The van der Waals surface area contributed by atoms with E-state index in [2.05, 4.69) is 10.9 Å². The molecule has 1 aromatic carbocycles.